The number of halogens is 1. The van der Waals surface area contributed by atoms with Gasteiger partial charge in [0.05, 0.1) is 0 Å². The molecule has 2 rings (SSSR count). The molecule has 0 spiro atoms. The summed E-state index contributed by atoms with van der Waals surface area (Å²) in [6, 6.07) is 6.37. The van der Waals surface area contributed by atoms with Crippen molar-refractivity contribution < 1.29 is 4.79 Å². The molecule has 4 nitrogen and oxygen atoms in total. The number of primary amides is 1. The van der Waals surface area contributed by atoms with Crippen LogP contribution in [-0.4, -0.2) is 19.0 Å². The van der Waals surface area contributed by atoms with E-state index in [0.717, 1.165) is 36.0 Å². The first-order chi connectivity index (χ1) is 9.47. The molecule has 1 aromatic rings. The van der Waals surface area contributed by atoms with Crippen molar-refractivity contribution in [2.45, 2.75) is 32.2 Å². The normalized spacial score (nSPS) is 18.1. The minimum Gasteiger partial charge on any atom is -0.371 e. The monoisotopic (exact) mass is 339 g/mol. The third-order valence-corrected chi connectivity index (χ3v) is 4.63. The van der Waals surface area contributed by atoms with Gasteiger partial charge < -0.3 is 16.4 Å². The van der Waals surface area contributed by atoms with E-state index < -0.39 is 0 Å². The van der Waals surface area contributed by atoms with Gasteiger partial charge in [-0.3, -0.25) is 4.79 Å². The quantitative estimate of drug-likeness (QED) is 0.885. The van der Waals surface area contributed by atoms with Gasteiger partial charge in [0.1, 0.15) is 0 Å². The number of anilines is 1. The number of nitrogens with zero attached hydrogens (tertiary/aromatic N) is 1. The molecule has 0 aliphatic carbocycles. The topological polar surface area (TPSA) is 72.3 Å². The predicted molar refractivity (Wildman–Crippen MR) is 85.5 cm³/mol. The standard InChI is InChI=1S/C15H22BrN3O/c1-10(17)13-3-2-12(9-14(13)16)19-6-4-11(5-7-19)8-15(18)20/h2-3,9-11H,4-8,17H2,1H3,(H2,18,20)/t10-/m1/s1. The van der Waals surface area contributed by atoms with E-state index in [1.165, 1.54) is 5.69 Å². The van der Waals surface area contributed by atoms with Crippen LogP contribution in [0.4, 0.5) is 5.69 Å². The number of carbonyl (C=O) groups is 1. The van der Waals surface area contributed by atoms with E-state index in [4.69, 9.17) is 11.5 Å². The van der Waals surface area contributed by atoms with Crippen molar-refractivity contribution in [3.63, 3.8) is 0 Å². The molecule has 1 amide bonds. The van der Waals surface area contributed by atoms with Crippen LogP contribution in [0.3, 0.4) is 0 Å². The van der Waals surface area contributed by atoms with Crippen molar-refractivity contribution in [2.75, 3.05) is 18.0 Å². The van der Waals surface area contributed by atoms with Gasteiger partial charge in [0.25, 0.3) is 0 Å². The van der Waals surface area contributed by atoms with Crippen LogP contribution in [0.15, 0.2) is 22.7 Å². The average molecular weight is 340 g/mol. The van der Waals surface area contributed by atoms with Crippen molar-refractivity contribution in [2.24, 2.45) is 17.4 Å². The molecular weight excluding hydrogens is 318 g/mol. The second-order valence-electron chi connectivity index (χ2n) is 5.60. The Morgan fingerprint density at radius 3 is 2.60 bits per heavy atom. The zero-order valence-electron chi connectivity index (χ0n) is 11.8. The Morgan fingerprint density at radius 1 is 1.45 bits per heavy atom. The SMILES string of the molecule is C[C@@H](N)c1ccc(N2CCC(CC(N)=O)CC2)cc1Br. The van der Waals surface area contributed by atoms with Crippen LogP contribution in [0.2, 0.25) is 0 Å². The third-order valence-electron chi connectivity index (χ3n) is 3.94. The molecule has 1 heterocycles. The largest absolute Gasteiger partial charge is 0.371 e. The van der Waals surface area contributed by atoms with E-state index in [9.17, 15) is 4.79 Å². The molecule has 0 radical (unpaired) electrons. The van der Waals surface area contributed by atoms with Gasteiger partial charge in [-0.05, 0) is 43.4 Å². The maximum atomic E-state index is 11.0. The van der Waals surface area contributed by atoms with Crippen LogP contribution in [0, 0.1) is 5.92 Å². The van der Waals surface area contributed by atoms with Crippen LogP contribution < -0.4 is 16.4 Å². The summed E-state index contributed by atoms with van der Waals surface area (Å²) in [5.74, 6) is 0.253. The lowest BCUT2D eigenvalue weighted by molar-refractivity contribution is -0.119. The van der Waals surface area contributed by atoms with Gasteiger partial charge >= 0.3 is 0 Å². The van der Waals surface area contributed by atoms with E-state index in [2.05, 4.69) is 39.0 Å². The fourth-order valence-electron chi connectivity index (χ4n) is 2.76. The maximum Gasteiger partial charge on any atom is 0.217 e. The molecule has 0 aromatic heterocycles. The second-order valence-corrected chi connectivity index (χ2v) is 6.45. The first-order valence-electron chi connectivity index (χ1n) is 7.05. The molecule has 1 aliphatic heterocycles. The van der Waals surface area contributed by atoms with Gasteiger partial charge in [-0.15, -0.1) is 0 Å². The number of benzene rings is 1. The zero-order valence-corrected chi connectivity index (χ0v) is 13.4. The molecule has 1 aliphatic rings. The number of nitrogens with two attached hydrogens (primary N) is 2. The molecular formula is C15H22BrN3O. The van der Waals surface area contributed by atoms with Crippen molar-refractivity contribution in [1.29, 1.82) is 0 Å². The van der Waals surface area contributed by atoms with Gasteiger partial charge in [-0.1, -0.05) is 22.0 Å². The van der Waals surface area contributed by atoms with E-state index in [1.54, 1.807) is 0 Å². The number of rotatable bonds is 4. The molecule has 110 valence electrons. The summed E-state index contributed by atoms with van der Waals surface area (Å²) < 4.78 is 1.06. The van der Waals surface area contributed by atoms with Crippen molar-refractivity contribution in [3.05, 3.63) is 28.2 Å². The fraction of sp³-hybridized carbons (Fsp3) is 0.533. The Bertz CT molecular complexity index is 482. The summed E-state index contributed by atoms with van der Waals surface area (Å²) >= 11 is 3.59. The molecule has 0 unspecified atom stereocenters. The van der Waals surface area contributed by atoms with Crippen LogP contribution >= 0.6 is 15.9 Å². The maximum absolute atomic E-state index is 11.0. The van der Waals surface area contributed by atoms with Gasteiger partial charge in [0, 0.05) is 35.7 Å². The molecule has 4 N–H and O–H groups in total. The highest BCUT2D eigenvalue weighted by atomic mass is 79.9. The summed E-state index contributed by atoms with van der Waals surface area (Å²) in [4.78, 5) is 13.3. The molecule has 0 saturated carbocycles. The minimum atomic E-state index is -0.188. The highest BCUT2D eigenvalue weighted by Crippen LogP contribution is 2.30. The Balaban J connectivity index is 2.00. The highest BCUT2D eigenvalue weighted by molar-refractivity contribution is 9.10. The lowest BCUT2D eigenvalue weighted by Crippen LogP contribution is -2.35. The van der Waals surface area contributed by atoms with E-state index in [1.807, 2.05) is 6.92 Å². The van der Waals surface area contributed by atoms with Crippen LogP contribution in [-0.2, 0) is 4.79 Å². The number of hydrogen-bond donors (Lipinski definition) is 2. The van der Waals surface area contributed by atoms with Crippen molar-refractivity contribution >= 4 is 27.5 Å². The molecule has 5 heteroatoms. The average Bonchev–Trinajstić information content (AvgIpc) is 2.38. The highest BCUT2D eigenvalue weighted by Gasteiger charge is 2.21. The lowest BCUT2D eigenvalue weighted by atomic mass is 9.93. The number of amides is 1. The first kappa shape index (κ1) is 15.3. The Hall–Kier alpha value is -1.07. The number of piperidine rings is 1. The van der Waals surface area contributed by atoms with Crippen molar-refractivity contribution in [3.8, 4) is 0 Å². The van der Waals surface area contributed by atoms with E-state index >= 15 is 0 Å². The molecule has 1 atom stereocenters. The fourth-order valence-corrected chi connectivity index (χ4v) is 3.49. The second kappa shape index (κ2) is 6.59. The third kappa shape index (κ3) is 3.73. The van der Waals surface area contributed by atoms with E-state index in [0.29, 0.717) is 12.3 Å². The van der Waals surface area contributed by atoms with Crippen LogP contribution in [0.25, 0.3) is 0 Å². The molecule has 1 fully saturated rings. The number of carbonyl (C=O) groups excluding carboxylic acids is 1. The smallest absolute Gasteiger partial charge is 0.217 e. The van der Waals surface area contributed by atoms with Crippen LogP contribution in [0.1, 0.15) is 37.8 Å². The molecule has 1 saturated heterocycles. The predicted octanol–water partition coefficient (Wildman–Crippen LogP) is 2.56. The molecule has 20 heavy (non-hydrogen) atoms. The van der Waals surface area contributed by atoms with E-state index in [-0.39, 0.29) is 11.9 Å². The van der Waals surface area contributed by atoms with Gasteiger partial charge in [-0.2, -0.15) is 0 Å². The summed E-state index contributed by atoms with van der Waals surface area (Å²) in [7, 11) is 0. The summed E-state index contributed by atoms with van der Waals surface area (Å²) in [6.45, 7) is 3.93. The Labute approximate surface area is 128 Å². The zero-order chi connectivity index (χ0) is 14.7. The van der Waals surface area contributed by atoms with Gasteiger partial charge in [-0.25, -0.2) is 0 Å². The number of hydrogen-bond acceptors (Lipinski definition) is 3. The van der Waals surface area contributed by atoms with Gasteiger partial charge in [0.2, 0.25) is 5.91 Å². The summed E-state index contributed by atoms with van der Waals surface area (Å²) in [5, 5.41) is 0. The Morgan fingerprint density at radius 2 is 2.10 bits per heavy atom. The van der Waals surface area contributed by atoms with Gasteiger partial charge in [0.15, 0.2) is 0 Å². The minimum absolute atomic E-state index is 0.0275. The molecule has 0 bridgehead atoms. The van der Waals surface area contributed by atoms with Crippen molar-refractivity contribution in [1.82, 2.24) is 0 Å². The first-order valence-corrected chi connectivity index (χ1v) is 7.85. The van der Waals surface area contributed by atoms with Crippen LogP contribution in [0.5, 0.6) is 0 Å². The summed E-state index contributed by atoms with van der Waals surface area (Å²) in [6.07, 6.45) is 2.56. The summed E-state index contributed by atoms with van der Waals surface area (Å²) in [5.41, 5.74) is 13.5. The molecule has 1 aromatic carbocycles. The lowest BCUT2D eigenvalue weighted by Gasteiger charge is -2.33. The Kier molecular flexibility index (Phi) is 5.05.